The molecule has 3 rings (SSSR count). The maximum absolute atomic E-state index is 12.6. The van der Waals surface area contributed by atoms with Crippen LogP contribution in [0.3, 0.4) is 0 Å². The van der Waals surface area contributed by atoms with E-state index in [0.29, 0.717) is 16.5 Å². The minimum atomic E-state index is -0.363. The van der Waals surface area contributed by atoms with Gasteiger partial charge in [-0.1, -0.05) is 36.0 Å². The Morgan fingerprint density at radius 2 is 1.62 bits per heavy atom. The zero-order valence-electron chi connectivity index (χ0n) is 16.8. The number of amides is 2. The Morgan fingerprint density at radius 3 is 2.24 bits per heavy atom. The summed E-state index contributed by atoms with van der Waals surface area (Å²) in [5.74, 6) is 0.495. The number of aryl methyl sites for hydroxylation is 1. The second-order valence-corrected chi connectivity index (χ2v) is 8.00. The van der Waals surface area contributed by atoms with Gasteiger partial charge in [0.2, 0.25) is 11.8 Å². The van der Waals surface area contributed by atoms with E-state index in [9.17, 15) is 9.59 Å². The highest BCUT2D eigenvalue weighted by Crippen LogP contribution is 2.27. The fourth-order valence-corrected chi connectivity index (χ4v) is 3.59. The molecule has 1 aromatic heterocycles. The third-order valence-electron chi connectivity index (χ3n) is 4.35. The van der Waals surface area contributed by atoms with Crippen molar-refractivity contribution < 1.29 is 9.59 Å². The van der Waals surface area contributed by atoms with Crippen LogP contribution in [-0.2, 0) is 16.6 Å². The second-order valence-electron chi connectivity index (χ2n) is 6.69. The minimum absolute atomic E-state index is 0.136. The van der Waals surface area contributed by atoms with Crippen molar-refractivity contribution in [2.24, 2.45) is 7.05 Å². The molecule has 1 heterocycles. The number of nitrogens with one attached hydrogen (secondary N) is 2. The van der Waals surface area contributed by atoms with E-state index in [1.54, 1.807) is 24.3 Å². The van der Waals surface area contributed by atoms with Gasteiger partial charge in [0.25, 0.3) is 0 Å². The highest BCUT2D eigenvalue weighted by Gasteiger charge is 2.20. The van der Waals surface area contributed by atoms with E-state index in [1.807, 2.05) is 49.7 Å². The van der Waals surface area contributed by atoms with Crippen LogP contribution < -0.4 is 10.6 Å². The monoisotopic (exact) mass is 409 g/mol. The molecule has 2 aromatic carbocycles. The number of rotatable bonds is 6. The van der Waals surface area contributed by atoms with Crippen molar-refractivity contribution in [1.29, 1.82) is 0 Å². The van der Waals surface area contributed by atoms with Crippen LogP contribution in [0.2, 0.25) is 0 Å². The number of benzene rings is 2. The van der Waals surface area contributed by atoms with Crippen LogP contribution in [-0.4, -0.2) is 31.8 Å². The van der Waals surface area contributed by atoms with Crippen molar-refractivity contribution >= 4 is 35.0 Å². The summed E-state index contributed by atoms with van der Waals surface area (Å²) in [6.45, 7) is 5.31. The lowest BCUT2D eigenvalue weighted by atomic mass is 10.1. The van der Waals surface area contributed by atoms with Gasteiger partial charge in [-0.05, 0) is 43.7 Å². The molecule has 0 radical (unpaired) electrons. The topological polar surface area (TPSA) is 88.9 Å². The molecular weight excluding hydrogens is 386 g/mol. The normalized spacial score (nSPS) is 11.7. The molecule has 8 heteroatoms. The van der Waals surface area contributed by atoms with Crippen LogP contribution >= 0.6 is 11.8 Å². The third-order valence-corrected chi connectivity index (χ3v) is 5.48. The number of anilines is 2. The molecular formula is C21H23N5O2S. The number of nitrogens with zero attached hydrogens (tertiary/aromatic N) is 3. The van der Waals surface area contributed by atoms with Crippen molar-refractivity contribution in [3.63, 3.8) is 0 Å². The molecule has 0 aliphatic carbocycles. The predicted octanol–water partition coefficient (Wildman–Crippen LogP) is 3.87. The molecule has 150 valence electrons. The molecule has 0 bridgehead atoms. The average Bonchev–Trinajstić information content (AvgIpc) is 3.03. The van der Waals surface area contributed by atoms with Crippen LogP contribution in [0.25, 0.3) is 11.4 Å². The minimum Gasteiger partial charge on any atom is -0.326 e. The fraction of sp³-hybridized carbons (Fsp3) is 0.238. The molecule has 0 unspecified atom stereocenters. The Balaban J connectivity index is 1.66. The summed E-state index contributed by atoms with van der Waals surface area (Å²) in [6, 6.07) is 15.0. The van der Waals surface area contributed by atoms with E-state index in [4.69, 9.17) is 0 Å². The number of aromatic nitrogens is 3. The lowest BCUT2D eigenvalue weighted by molar-refractivity contribution is -0.115. The van der Waals surface area contributed by atoms with Crippen molar-refractivity contribution in [1.82, 2.24) is 14.8 Å². The smallest absolute Gasteiger partial charge is 0.237 e. The van der Waals surface area contributed by atoms with Crippen LogP contribution in [0, 0.1) is 6.92 Å². The van der Waals surface area contributed by atoms with Crippen LogP contribution in [0.4, 0.5) is 11.4 Å². The highest BCUT2D eigenvalue weighted by atomic mass is 32.2. The Kier molecular flexibility index (Phi) is 6.33. The lowest BCUT2D eigenvalue weighted by Crippen LogP contribution is -2.22. The first-order valence-electron chi connectivity index (χ1n) is 9.15. The summed E-state index contributed by atoms with van der Waals surface area (Å²) in [5.41, 5.74) is 3.48. The molecule has 0 saturated heterocycles. The van der Waals surface area contributed by atoms with Crippen molar-refractivity contribution in [2.75, 3.05) is 10.6 Å². The largest absolute Gasteiger partial charge is 0.326 e. The van der Waals surface area contributed by atoms with E-state index in [-0.39, 0.29) is 17.1 Å². The van der Waals surface area contributed by atoms with Gasteiger partial charge >= 0.3 is 0 Å². The number of hydrogen-bond acceptors (Lipinski definition) is 5. The average molecular weight is 410 g/mol. The van der Waals surface area contributed by atoms with Gasteiger partial charge in [0.15, 0.2) is 11.0 Å². The number of thioether (sulfide) groups is 1. The standard InChI is InChI=1S/C21H23N5O2S/c1-13-7-5-6-8-18(13)19-24-25-21(26(19)4)29-14(2)20(28)23-17-11-9-16(10-12-17)22-15(3)27/h5-12,14H,1-4H3,(H,22,27)(H,23,28)/t14-/m0/s1. The van der Waals surface area contributed by atoms with Crippen LogP contribution in [0.5, 0.6) is 0 Å². The number of hydrogen-bond donors (Lipinski definition) is 2. The van der Waals surface area contributed by atoms with Gasteiger partial charge in [0.1, 0.15) is 0 Å². The molecule has 2 N–H and O–H groups in total. The molecule has 0 aliphatic heterocycles. The second kappa shape index (κ2) is 8.91. The van der Waals surface area contributed by atoms with Gasteiger partial charge < -0.3 is 15.2 Å². The molecule has 29 heavy (non-hydrogen) atoms. The molecule has 0 fully saturated rings. The van der Waals surface area contributed by atoms with Crippen molar-refractivity contribution in [2.45, 2.75) is 31.2 Å². The maximum Gasteiger partial charge on any atom is 0.237 e. The van der Waals surface area contributed by atoms with E-state index < -0.39 is 0 Å². The summed E-state index contributed by atoms with van der Waals surface area (Å²) >= 11 is 1.35. The molecule has 2 amide bonds. The Hall–Kier alpha value is -3.13. The Bertz CT molecular complexity index is 1030. The molecule has 7 nitrogen and oxygen atoms in total. The number of carbonyl (C=O) groups is 2. The SMILES string of the molecule is CC(=O)Nc1ccc(NC(=O)[C@H](C)Sc2nnc(-c3ccccc3C)n2C)cc1. The fourth-order valence-electron chi connectivity index (χ4n) is 2.77. The first kappa shape index (κ1) is 20.6. The van der Waals surface area contributed by atoms with Gasteiger partial charge in [-0.2, -0.15) is 0 Å². The zero-order valence-corrected chi connectivity index (χ0v) is 17.6. The zero-order chi connectivity index (χ0) is 21.0. The van der Waals surface area contributed by atoms with Crippen molar-refractivity contribution in [3.05, 3.63) is 54.1 Å². The third kappa shape index (κ3) is 5.03. The molecule has 0 spiro atoms. The summed E-state index contributed by atoms with van der Waals surface area (Å²) < 4.78 is 1.90. The van der Waals surface area contributed by atoms with Crippen LogP contribution in [0.15, 0.2) is 53.7 Å². The maximum atomic E-state index is 12.6. The van der Waals surface area contributed by atoms with E-state index >= 15 is 0 Å². The summed E-state index contributed by atoms with van der Waals surface area (Å²) in [7, 11) is 1.90. The van der Waals surface area contributed by atoms with Gasteiger partial charge in [0.05, 0.1) is 5.25 Å². The molecule has 1 atom stereocenters. The Morgan fingerprint density at radius 1 is 1.00 bits per heavy atom. The highest BCUT2D eigenvalue weighted by molar-refractivity contribution is 8.00. The summed E-state index contributed by atoms with van der Waals surface area (Å²) in [4.78, 5) is 23.6. The van der Waals surface area contributed by atoms with Gasteiger partial charge in [-0.25, -0.2) is 0 Å². The van der Waals surface area contributed by atoms with E-state index in [1.165, 1.54) is 18.7 Å². The van der Waals surface area contributed by atoms with E-state index in [0.717, 1.165) is 17.0 Å². The van der Waals surface area contributed by atoms with Gasteiger partial charge in [-0.15, -0.1) is 10.2 Å². The molecule has 0 aliphatic rings. The van der Waals surface area contributed by atoms with E-state index in [2.05, 4.69) is 20.8 Å². The number of carbonyl (C=O) groups excluding carboxylic acids is 2. The van der Waals surface area contributed by atoms with Crippen molar-refractivity contribution in [3.8, 4) is 11.4 Å². The summed E-state index contributed by atoms with van der Waals surface area (Å²) in [5, 5.41) is 14.4. The first-order valence-corrected chi connectivity index (χ1v) is 10.0. The van der Waals surface area contributed by atoms with Crippen LogP contribution in [0.1, 0.15) is 19.4 Å². The first-order chi connectivity index (χ1) is 13.8. The Labute approximate surface area is 173 Å². The van der Waals surface area contributed by atoms with Gasteiger partial charge in [-0.3, -0.25) is 9.59 Å². The summed E-state index contributed by atoms with van der Waals surface area (Å²) in [6.07, 6.45) is 0. The predicted molar refractivity (Wildman–Crippen MR) is 116 cm³/mol. The molecule has 3 aromatic rings. The quantitative estimate of drug-likeness (QED) is 0.604. The lowest BCUT2D eigenvalue weighted by Gasteiger charge is -2.12. The molecule has 0 saturated carbocycles. The van der Waals surface area contributed by atoms with Gasteiger partial charge in [0, 0.05) is 30.9 Å².